The molecule has 1 amide bonds. The van der Waals surface area contributed by atoms with Gasteiger partial charge in [-0.15, -0.1) is 0 Å². The number of carbonyl (C=O) groups excluding carboxylic acids is 1. The number of ether oxygens (including phenoxy) is 1. The van der Waals surface area contributed by atoms with E-state index in [1.165, 1.54) is 0 Å². The van der Waals surface area contributed by atoms with Crippen molar-refractivity contribution in [1.29, 1.82) is 0 Å². The van der Waals surface area contributed by atoms with Gasteiger partial charge in [-0.25, -0.2) is 13.1 Å². The molecule has 3 rings (SSSR count). The van der Waals surface area contributed by atoms with Crippen molar-refractivity contribution in [1.82, 2.24) is 9.62 Å². The molecule has 144 valence electrons. The van der Waals surface area contributed by atoms with Gasteiger partial charge in [0.2, 0.25) is 15.9 Å². The van der Waals surface area contributed by atoms with Gasteiger partial charge in [-0.1, -0.05) is 13.3 Å². The van der Waals surface area contributed by atoms with Crippen LogP contribution in [0.4, 0.5) is 0 Å². The number of nitrogens with zero attached hydrogens (tertiary/aromatic N) is 1. The summed E-state index contributed by atoms with van der Waals surface area (Å²) in [5.41, 5.74) is -0.136. The van der Waals surface area contributed by atoms with Gasteiger partial charge in [0.25, 0.3) is 0 Å². The van der Waals surface area contributed by atoms with E-state index in [-0.39, 0.29) is 22.3 Å². The van der Waals surface area contributed by atoms with E-state index in [4.69, 9.17) is 4.74 Å². The zero-order valence-corrected chi connectivity index (χ0v) is 16.3. The predicted octanol–water partition coefficient (Wildman–Crippen LogP) is 2.54. The van der Waals surface area contributed by atoms with Crippen molar-refractivity contribution < 1.29 is 17.9 Å². The van der Waals surface area contributed by atoms with Gasteiger partial charge in [-0.3, -0.25) is 4.79 Å². The zero-order valence-electron chi connectivity index (χ0n) is 15.5. The minimum atomic E-state index is -3.58. The number of hydrogen-bond donors (Lipinski definition) is 1. The van der Waals surface area contributed by atoms with Gasteiger partial charge >= 0.3 is 0 Å². The lowest BCUT2D eigenvalue weighted by Gasteiger charge is -2.46. The molecule has 0 aromatic heterocycles. The molecule has 1 saturated heterocycles. The molecule has 26 heavy (non-hydrogen) atoms. The lowest BCUT2D eigenvalue weighted by atomic mass is 9.74. The van der Waals surface area contributed by atoms with Crippen LogP contribution in [0.1, 0.15) is 45.4 Å². The Hall–Kier alpha value is -1.60. The molecule has 0 spiro atoms. The molecule has 1 aromatic rings. The SMILES string of the molecule is CCCN1C(=O)CC[C@]2(CNS(=O)(=O)c3ccc(OC)cc3)CCC[C@@H]12. The molecule has 6 nitrogen and oxygen atoms in total. The highest BCUT2D eigenvalue weighted by Crippen LogP contribution is 2.47. The molecule has 2 fully saturated rings. The van der Waals surface area contributed by atoms with Crippen LogP contribution in [0.15, 0.2) is 29.2 Å². The molecule has 1 saturated carbocycles. The molecule has 0 bridgehead atoms. The number of hydrogen-bond acceptors (Lipinski definition) is 4. The number of sulfonamides is 1. The summed E-state index contributed by atoms with van der Waals surface area (Å²) in [7, 11) is -2.03. The first-order chi connectivity index (χ1) is 12.4. The Labute approximate surface area is 156 Å². The minimum absolute atomic E-state index is 0.136. The van der Waals surface area contributed by atoms with Gasteiger partial charge < -0.3 is 9.64 Å². The standard InChI is InChI=1S/C19H28N2O4S/c1-3-13-21-17-5-4-11-19(17,12-10-18(21)22)14-20-26(23,24)16-8-6-15(25-2)7-9-16/h6-9,17,20H,3-5,10-14H2,1-2H3/t17-,19+/m1/s1. The summed E-state index contributed by atoms with van der Waals surface area (Å²) in [5, 5.41) is 0. The van der Waals surface area contributed by atoms with E-state index in [0.717, 1.165) is 38.6 Å². The normalized spacial score (nSPS) is 26.0. The average Bonchev–Trinajstić information content (AvgIpc) is 3.07. The van der Waals surface area contributed by atoms with E-state index in [0.29, 0.717) is 18.7 Å². The third-order valence-electron chi connectivity index (χ3n) is 5.84. The maximum atomic E-state index is 12.7. The van der Waals surface area contributed by atoms with Crippen LogP contribution in [0.3, 0.4) is 0 Å². The van der Waals surface area contributed by atoms with Crippen molar-refractivity contribution in [2.75, 3.05) is 20.2 Å². The van der Waals surface area contributed by atoms with Gasteiger partial charge in [0.1, 0.15) is 5.75 Å². The van der Waals surface area contributed by atoms with Crippen LogP contribution in [0, 0.1) is 5.41 Å². The van der Waals surface area contributed by atoms with Gasteiger partial charge in [0.15, 0.2) is 0 Å². The van der Waals surface area contributed by atoms with Gasteiger partial charge in [-0.2, -0.15) is 0 Å². The van der Waals surface area contributed by atoms with E-state index in [9.17, 15) is 13.2 Å². The summed E-state index contributed by atoms with van der Waals surface area (Å²) < 4.78 is 33.3. The lowest BCUT2D eigenvalue weighted by Crippen LogP contribution is -2.56. The Bertz CT molecular complexity index is 747. The van der Waals surface area contributed by atoms with Crippen molar-refractivity contribution >= 4 is 15.9 Å². The molecule has 7 heteroatoms. The Morgan fingerprint density at radius 3 is 2.65 bits per heavy atom. The summed E-state index contributed by atoms with van der Waals surface area (Å²) in [6.45, 7) is 3.22. The van der Waals surface area contributed by atoms with E-state index in [2.05, 4.69) is 11.6 Å². The molecule has 1 N–H and O–H groups in total. The molecule has 1 aliphatic carbocycles. The minimum Gasteiger partial charge on any atom is -0.497 e. The molecule has 1 aromatic carbocycles. The van der Waals surface area contributed by atoms with Crippen LogP contribution in [-0.4, -0.2) is 45.5 Å². The Balaban J connectivity index is 1.75. The summed E-state index contributed by atoms with van der Waals surface area (Å²) in [5.74, 6) is 0.840. The molecule has 2 aliphatic rings. The van der Waals surface area contributed by atoms with Crippen LogP contribution >= 0.6 is 0 Å². The average molecular weight is 381 g/mol. The molecule has 2 atom stereocenters. The molecular weight excluding hydrogens is 352 g/mol. The highest BCUT2D eigenvalue weighted by molar-refractivity contribution is 7.89. The summed E-state index contributed by atoms with van der Waals surface area (Å²) >= 11 is 0. The number of nitrogens with one attached hydrogen (secondary N) is 1. The second-order valence-corrected chi connectivity index (χ2v) is 9.12. The number of piperidine rings is 1. The number of methoxy groups -OCH3 is 1. The predicted molar refractivity (Wildman–Crippen MR) is 99.5 cm³/mol. The Kier molecular flexibility index (Phi) is 5.58. The fourth-order valence-electron chi connectivity index (χ4n) is 4.46. The number of rotatable bonds is 7. The van der Waals surface area contributed by atoms with Gasteiger partial charge in [0.05, 0.1) is 12.0 Å². The van der Waals surface area contributed by atoms with Crippen molar-refractivity contribution in [3.8, 4) is 5.75 Å². The van der Waals surface area contributed by atoms with Crippen LogP contribution in [0.2, 0.25) is 0 Å². The number of fused-ring (bicyclic) bond motifs is 1. The molecule has 0 radical (unpaired) electrons. The monoisotopic (exact) mass is 380 g/mol. The largest absolute Gasteiger partial charge is 0.497 e. The molecule has 1 aliphatic heterocycles. The maximum absolute atomic E-state index is 12.7. The first kappa shape index (κ1) is 19.2. The lowest BCUT2D eigenvalue weighted by molar-refractivity contribution is -0.141. The maximum Gasteiger partial charge on any atom is 0.240 e. The van der Waals surface area contributed by atoms with Gasteiger partial charge in [-0.05, 0) is 49.9 Å². The molecular formula is C19H28N2O4S. The van der Waals surface area contributed by atoms with Crippen LogP contribution < -0.4 is 9.46 Å². The number of carbonyl (C=O) groups is 1. The summed E-state index contributed by atoms with van der Waals surface area (Å²) in [6.07, 6.45) is 5.19. The number of benzene rings is 1. The Morgan fingerprint density at radius 1 is 1.27 bits per heavy atom. The summed E-state index contributed by atoms with van der Waals surface area (Å²) in [6, 6.07) is 6.56. The van der Waals surface area contributed by atoms with Crippen molar-refractivity contribution in [2.24, 2.45) is 5.41 Å². The Morgan fingerprint density at radius 2 is 2.00 bits per heavy atom. The highest BCUT2D eigenvalue weighted by Gasteiger charge is 2.50. The third-order valence-corrected chi connectivity index (χ3v) is 7.26. The quantitative estimate of drug-likeness (QED) is 0.789. The zero-order chi connectivity index (χ0) is 18.8. The topological polar surface area (TPSA) is 75.7 Å². The fraction of sp³-hybridized carbons (Fsp3) is 0.632. The van der Waals surface area contributed by atoms with Crippen LogP contribution in [0.25, 0.3) is 0 Å². The molecule has 1 heterocycles. The van der Waals surface area contributed by atoms with E-state index < -0.39 is 10.0 Å². The fourth-order valence-corrected chi connectivity index (χ4v) is 5.60. The van der Waals surface area contributed by atoms with E-state index in [1.54, 1.807) is 31.4 Å². The number of amides is 1. The van der Waals surface area contributed by atoms with Crippen LogP contribution in [-0.2, 0) is 14.8 Å². The second kappa shape index (κ2) is 7.56. The van der Waals surface area contributed by atoms with Crippen molar-refractivity contribution in [3.63, 3.8) is 0 Å². The summed E-state index contributed by atoms with van der Waals surface area (Å²) in [4.78, 5) is 14.6. The third kappa shape index (κ3) is 3.60. The van der Waals surface area contributed by atoms with Crippen LogP contribution in [0.5, 0.6) is 5.75 Å². The first-order valence-electron chi connectivity index (χ1n) is 9.35. The smallest absolute Gasteiger partial charge is 0.240 e. The highest BCUT2D eigenvalue weighted by atomic mass is 32.2. The number of likely N-dealkylation sites (tertiary alicyclic amines) is 1. The van der Waals surface area contributed by atoms with Crippen molar-refractivity contribution in [2.45, 2.75) is 56.4 Å². The van der Waals surface area contributed by atoms with E-state index >= 15 is 0 Å². The van der Waals surface area contributed by atoms with Crippen molar-refractivity contribution in [3.05, 3.63) is 24.3 Å². The molecule has 0 unspecified atom stereocenters. The first-order valence-corrected chi connectivity index (χ1v) is 10.8. The van der Waals surface area contributed by atoms with E-state index in [1.807, 2.05) is 4.90 Å². The second-order valence-electron chi connectivity index (χ2n) is 7.36. The van der Waals surface area contributed by atoms with Gasteiger partial charge in [0, 0.05) is 31.0 Å².